The highest BCUT2D eigenvalue weighted by Crippen LogP contribution is 2.20. The number of aromatic nitrogens is 4. The molecule has 152 valence electrons. The molecule has 0 bridgehead atoms. The SMILES string of the molecule is CCCCn1c(N)c(N(CCC(C)C)C(=O)c2ccnc(C)n2)c(=O)[nH]c1=O. The van der Waals surface area contributed by atoms with E-state index in [-0.39, 0.29) is 23.7 Å². The van der Waals surface area contributed by atoms with Crippen LogP contribution in [-0.2, 0) is 6.54 Å². The summed E-state index contributed by atoms with van der Waals surface area (Å²) in [6, 6.07) is 1.50. The molecule has 0 saturated heterocycles. The molecular weight excluding hydrogens is 360 g/mol. The number of nitrogens with one attached hydrogen (secondary N) is 1. The van der Waals surface area contributed by atoms with Crippen molar-refractivity contribution in [2.24, 2.45) is 5.92 Å². The summed E-state index contributed by atoms with van der Waals surface area (Å²) in [5.41, 5.74) is 5.09. The summed E-state index contributed by atoms with van der Waals surface area (Å²) in [6.07, 6.45) is 3.73. The third-order valence-corrected chi connectivity index (χ3v) is 4.39. The molecule has 9 heteroatoms. The molecule has 2 aromatic rings. The van der Waals surface area contributed by atoms with Gasteiger partial charge in [0, 0.05) is 19.3 Å². The van der Waals surface area contributed by atoms with Crippen LogP contribution >= 0.6 is 0 Å². The standard InChI is InChI=1S/C19H28N6O3/c1-5-6-10-25-16(20)15(17(26)23-19(25)28)24(11-8-12(2)3)18(27)14-7-9-21-13(4)22-14/h7,9,12H,5-6,8,10-11,20H2,1-4H3,(H,23,26,28). The van der Waals surface area contributed by atoms with Gasteiger partial charge < -0.3 is 5.73 Å². The third kappa shape index (κ3) is 4.85. The molecule has 9 nitrogen and oxygen atoms in total. The van der Waals surface area contributed by atoms with Gasteiger partial charge in [0.2, 0.25) is 0 Å². The van der Waals surface area contributed by atoms with Crippen LogP contribution in [0, 0.1) is 12.8 Å². The molecule has 0 spiro atoms. The van der Waals surface area contributed by atoms with Gasteiger partial charge in [-0.1, -0.05) is 27.2 Å². The predicted octanol–water partition coefficient (Wildman–Crippen LogP) is 1.71. The molecule has 0 radical (unpaired) electrons. The van der Waals surface area contributed by atoms with Crippen LogP contribution in [0.5, 0.6) is 0 Å². The van der Waals surface area contributed by atoms with Crippen LogP contribution in [0.2, 0.25) is 0 Å². The van der Waals surface area contributed by atoms with Gasteiger partial charge in [-0.05, 0) is 31.7 Å². The highest BCUT2D eigenvalue weighted by atomic mass is 16.2. The Bertz CT molecular complexity index is 947. The third-order valence-electron chi connectivity index (χ3n) is 4.39. The zero-order valence-electron chi connectivity index (χ0n) is 16.9. The van der Waals surface area contributed by atoms with E-state index in [1.54, 1.807) is 6.92 Å². The summed E-state index contributed by atoms with van der Waals surface area (Å²) in [6.45, 7) is 8.36. The van der Waals surface area contributed by atoms with Crippen LogP contribution in [-0.4, -0.2) is 32.0 Å². The molecular formula is C19H28N6O3. The molecule has 0 saturated carbocycles. The Morgan fingerprint density at radius 3 is 2.68 bits per heavy atom. The lowest BCUT2D eigenvalue weighted by atomic mass is 10.1. The van der Waals surface area contributed by atoms with E-state index < -0.39 is 17.2 Å². The topological polar surface area (TPSA) is 127 Å². The normalized spacial score (nSPS) is 11.0. The Labute approximate surface area is 163 Å². The molecule has 0 aliphatic heterocycles. The van der Waals surface area contributed by atoms with Crippen molar-refractivity contribution in [1.29, 1.82) is 0 Å². The van der Waals surface area contributed by atoms with Crippen molar-refractivity contribution >= 4 is 17.4 Å². The molecule has 2 rings (SSSR count). The molecule has 0 aliphatic carbocycles. The highest BCUT2D eigenvalue weighted by Gasteiger charge is 2.26. The van der Waals surface area contributed by atoms with Gasteiger partial charge in [-0.3, -0.25) is 24.0 Å². The van der Waals surface area contributed by atoms with Crippen LogP contribution in [0.25, 0.3) is 0 Å². The van der Waals surface area contributed by atoms with Crippen molar-refractivity contribution in [2.45, 2.75) is 53.5 Å². The lowest BCUT2D eigenvalue weighted by molar-refractivity contribution is 0.0980. The minimum Gasteiger partial charge on any atom is -0.383 e. The Morgan fingerprint density at radius 2 is 2.07 bits per heavy atom. The van der Waals surface area contributed by atoms with Gasteiger partial charge in [-0.15, -0.1) is 0 Å². The number of H-pyrrole nitrogens is 1. The van der Waals surface area contributed by atoms with Gasteiger partial charge in [-0.2, -0.15) is 0 Å². The minimum atomic E-state index is -0.682. The Kier molecular flexibility index (Phi) is 7.08. The fourth-order valence-corrected chi connectivity index (χ4v) is 2.79. The number of rotatable bonds is 8. The Morgan fingerprint density at radius 1 is 1.36 bits per heavy atom. The Balaban J connectivity index is 2.58. The molecule has 2 aromatic heterocycles. The van der Waals surface area contributed by atoms with Crippen LogP contribution in [0.4, 0.5) is 11.5 Å². The monoisotopic (exact) mass is 388 g/mol. The second kappa shape index (κ2) is 9.29. The van der Waals surface area contributed by atoms with Crippen molar-refractivity contribution in [2.75, 3.05) is 17.2 Å². The zero-order chi connectivity index (χ0) is 20.8. The number of anilines is 2. The first-order chi connectivity index (χ1) is 13.3. The smallest absolute Gasteiger partial charge is 0.330 e. The van der Waals surface area contributed by atoms with E-state index in [2.05, 4.69) is 15.0 Å². The molecule has 3 N–H and O–H groups in total. The number of hydrogen-bond acceptors (Lipinski definition) is 6. The van der Waals surface area contributed by atoms with Crippen LogP contribution in [0.1, 0.15) is 56.3 Å². The van der Waals surface area contributed by atoms with Crippen molar-refractivity contribution in [1.82, 2.24) is 19.5 Å². The predicted molar refractivity (Wildman–Crippen MR) is 109 cm³/mol. The van der Waals surface area contributed by atoms with Crippen molar-refractivity contribution in [3.05, 3.63) is 44.6 Å². The zero-order valence-corrected chi connectivity index (χ0v) is 16.9. The summed E-state index contributed by atoms with van der Waals surface area (Å²) < 4.78 is 1.31. The van der Waals surface area contributed by atoms with E-state index in [0.717, 1.165) is 12.8 Å². The molecule has 0 aliphatic rings. The second-order valence-corrected chi connectivity index (χ2v) is 7.13. The van der Waals surface area contributed by atoms with Crippen LogP contribution in [0.15, 0.2) is 21.9 Å². The Hall–Kier alpha value is -2.97. The number of unbranched alkanes of at least 4 members (excludes halogenated alkanes) is 1. The first-order valence-corrected chi connectivity index (χ1v) is 9.50. The molecule has 1 amide bonds. The first kappa shape index (κ1) is 21.3. The minimum absolute atomic E-state index is 0.00918. The molecule has 0 fully saturated rings. The van der Waals surface area contributed by atoms with Crippen molar-refractivity contribution in [3.8, 4) is 0 Å². The molecule has 28 heavy (non-hydrogen) atoms. The molecule has 0 atom stereocenters. The number of nitrogens with zero attached hydrogens (tertiary/aromatic N) is 4. The molecule has 2 heterocycles. The van der Waals surface area contributed by atoms with Crippen LogP contribution in [0.3, 0.4) is 0 Å². The van der Waals surface area contributed by atoms with E-state index in [1.807, 2.05) is 20.8 Å². The fraction of sp³-hybridized carbons (Fsp3) is 0.526. The highest BCUT2D eigenvalue weighted by molar-refractivity contribution is 6.05. The van der Waals surface area contributed by atoms with Gasteiger partial charge in [0.25, 0.3) is 11.5 Å². The number of carbonyl (C=O) groups excluding carboxylic acids is 1. The number of amides is 1. The van der Waals surface area contributed by atoms with Gasteiger partial charge in [0.15, 0.2) is 5.69 Å². The maximum atomic E-state index is 13.2. The van der Waals surface area contributed by atoms with Gasteiger partial charge >= 0.3 is 5.69 Å². The van der Waals surface area contributed by atoms with Crippen LogP contribution < -0.4 is 21.9 Å². The van der Waals surface area contributed by atoms with E-state index in [1.165, 1.54) is 21.7 Å². The number of carbonyl (C=O) groups is 1. The lowest BCUT2D eigenvalue weighted by Gasteiger charge is -2.25. The number of hydrogen-bond donors (Lipinski definition) is 2. The fourth-order valence-electron chi connectivity index (χ4n) is 2.79. The van der Waals surface area contributed by atoms with E-state index in [0.29, 0.717) is 24.7 Å². The second-order valence-electron chi connectivity index (χ2n) is 7.13. The number of nitrogen functional groups attached to an aromatic ring is 1. The number of aryl methyl sites for hydroxylation is 1. The van der Waals surface area contributed by atoms with Gasteiger partial charge in [0.05, 0.1) is 0 Å². The summed E-state index contributed by atoms with van der Waals surface area (Å²) >= 11 is 0. The largest absolute Gasteiger partial charge is 0.383 e. The van der Waals surface area contributed by atoms with E-state index in [4.69, 9.17) is 5.73 Å². The lowest BCUT2D eigenvalue weighted by Crippen LogP contribution is -2.42. The van der Waals surface area contributed by atoms with Crippen molar-refractivity contribution in [3.63, 3.8) is 0 Å². The number of nitrogens with two attached hydrogens (primary N) is 1. The summed E-state index contributed by atoms with van der Waals surface area (Å²) in [4.78, 5) is 49.7. The quantitative estimate of drug-likeness (QED) is 0.709. The van der Waals surface area contributed by atoms with E-state index in [9.17, 15) is 14.4 Å². The summed E-state index contributed by atoms with van der Waals surface area (Å²) in [7, 11) is 0. The maximum absolute atomic E-state index is 13.2. The van der Waals surface area contributed by atoms with Gasteiger partial charge in [-0.25, -0.2) is 14.8 Å². The summed E-state index contributed by atoms with van der Waals surface area (Å²) in [5, 5.41) is 0. The molecule has 0 aromatic carbocycles. The van der Waals surface area contributed by atoms with Gasteiger partial charge in [0.1, 0.15) is 17.3 Å². The number of aromatic amines is 1. The summed E-state index contributed by atoms with van der Waals surface area (Å²) in [5.74, 6) is 0.285. The van der Waals surface area contributed by atoms with E-state index >= 15 is 0 Å². The first-order valence-electron chi connectivity index (χ1n) is 9.50. The average molecular weight is 388 g/mol. The van der Waals surface area contributed by atoms with Crippen molar-refractivity contribution < 1.29 is 4.79 Å². The average Bonchev–Trinajstić information content (AvgIpc) is 2.63. The molecule has 0 unspecified atom stereocenters. The maximum Gasteiger partial charge on any atom is 0.330 e.